The van der Waals surface area contributed by atoms with Crippen LogP contribution in [0.2, 0.25) is 0 Å². The van der Waals surface area contributed by atoms with Crippen molar-refractivity contribution < 1.29 is 23.5 Å². The second-order valence-electron chi connectivity index (χ2n) is 7.97. The van der Waals surface area contributed by atoms with Gasteiger partial charge in [-0.2, -0.15) is 0 Å². The lowest BCUT2D eigenvalue weighted by atomic mass is 9.68. The highest BCUT2D eigenvalue weighted by Crippen LogP contribution is 2.40. The molecule has 6 heteroatoms. The number of hydrogen-bond acceptors (Lipinski definition) is 4. The summed E-state index contributed by atoms with van der Waals surface area (Å²) in [6, 6.07) is 11.1. The fourth-order valence-corrected chi connectivity index (χ4v) is 4.06. The van der Waals surface area contributed by atoms with Crippen molar-refractivity contribution in [3.05, 3.63) is 59.4 Å². The normalized spacial score (nSPS) is 15.5. The van der Waals surface area contributed by atoms with Gasteiger partial charge in [0.25, 0.3) is 0 Å². The summed E-state index contributed by atoms with van der Waals surface area (Å²) in [5.74, 6) is -0.607. The molecular formula is C24H28FNO4. The minimum atomic E-state index is -0.718. The van der Waals surface area contributed by atoms with E-state index < -0.39 is 11.4 Å². The number of amides is 1. The highest BCUT2D eigenvalue weighted by Gasteiger charge is 2.41. The Morgan fingerprint density at radius 3 is 2.30 bits per heavy atom. The summed E-state index contributed by atoms with van der Waals surface area (Å²) < 4.78 is 24.0. The molecule has 1 amide bonds. The van der Waals surface area contributed by atoms with Crippen molar-refractivity contribution in [1.82, 2.24) is 0 Å². The van der Waals surface area contributed by atoms with Crippen LogP contribution in [0.25, 0.3) is 0 Å². The molecule has 2 aromatic carbocycles. The van der Waals surface area contributed by atoms with Crippen LogP contribution in [-0.2, 0) is 14.9 Å². The van der Waals surface area contributed by atoms with Crippen molar-refractivity contribution in [3.63, 3.8) is 0 Å². The van der Waals surface area contributed by atoms with Crippen LogP contribution in [0, 0.1) is 5.82 Å². The molecule has 0 bridgehead atoms. The van der Waals surface area contributed by atoms with Gasteiger partial charge in [-0.1, -0.05) is 31.4 Å². The van der Waals surface area contributed by atoms with E-state index in [1.807, 2.05) is 13.8 Å². The molecule has 0 heterocycles. The zero-order chi connectivity index (χ0) is 21.7. The topological polar surface area (TPSA) is 64.6 Å². The van der Waals surface area contributed by atoms with Crippen molar-refractivity contribution in [1.29, 1.82) is 0 Å². The van der Waals surface area contributed by atoms with Gasteiger partial charge in [-0.15, -0.1) is 0 Å². The molecule has 0 aromatic heterocycles. The molecule has 0 saturated heterocycles. The lowest BCUT2D eigenvalue weighted by molar-refractivity contribution is -0.122. The maximum atomic E-state index is 13.5. The molecule has 0 radical (unpaired) electrons. The number of ether oxygens (including phenoxy) is 2. The van der Waals surface area contributed by atoms with Crippen molar-refractivity contribution >= 4 is 17.6 Å². The molecule has 5 nitrogen and oxygen atoms in total. The third-order valence-electron chi connectivity index (χ3n) is 5.54. The second kappa shape index (κ2) is 9.28. The molecule has 30 heavy (non-hydrogen) atoms. The number of halogens is 1. The van der Waals surface area contributed by atoms with Gasteiger partial charge in [0.1, 0.15) is 17.1 Å². The minimum absolute atomic E-state index is 0.113. The first-order valence-electron chi connectivity index (χ1n) is 10.3. The summed E-state index contributed by atoms with van der Waals surface area (Å²) in [7, 11) is 1.30. The van der Waals surface area contributed by atoms with Crippen LogP contribution >= 0.6 is 0 Å². The number of carbonyl (C=O) groups excluding carboxylic acids is 2. The molecule has 1 aliphatic rings. The van der Waals surface area contributed by atoms with Gasteiger partial charge in [0.2, 0.25) is 5.91 Å². The number of rotatable bonds is 6. The minimum Gasteiger partial charge on any atom is -0.490 e. The van der Waals surface area contributed by atoms with Gasteiger partial charge in [-0.25, -0.2) is 9.18 Å². The summed E-state index contributed by atoms with van der Waals surface area (Å²) in [5, 5.41) is 2.97. The molecule has 1 N–H and O–H groups in total. The van der Waals surface area contributed by atoms with Gasteiger partial charge >= 0.3 is 5.97 Å². The predicted molar refractivity (Wildman–Crippen MR) is 113 cm³/mol. The summed E-state index contributed by atoms with van der Waals surface area (Å²) in [5.41, 5.74) is 0.839. The number of anilines is 1. The third kappa shape index (κ3) is 4.64. The Morgan fingerprint density at radius 1 is 1.03 bits per heavy atom. The molecule has 0 unspecified atom stereocenters. The largest absolute Gasteiger partial charge is 0.490 e. The summed E-state index contributed by atoms with van der Waals surface area (Å²) in [6.45, 7) is 3.73. The number of methoxy groups -OCH3 is 1. The van der Waals surface area contributed by atoms with E-state index in [9.17, 15) is 14.0 Å². The molecule has 3 rings (SSSR count). The molecule has 2 aromatic rings. The van der Waals surface area contributed by atoms with E-state index in [0.29, 0.717) is 24.3 Å². The molecule has 0 aliphatic heterocycles. The maximum Gasteiger partial charge on any atom is 0.341 e. The summed E-state index contributed by atoms with van der Waals surface area (Å²) in [6.07, 6.45) is 4.21. The first kappa shape index (κ1) is 21.8. The predicted octanol–water partition coefficient (Wildman–Crippen LogP) is 5.24. The zero-order valence-corrected chi connectivity index (χ0v) is 17.7. The Bertz CT molecular complexity index is 902. The zero-order valence-electron chi connectivity index (χ0n) is 17.7. The van der Waals surface area contributed by atoms with Crippen LogP contribution in [0.3, 0.4) is 0 Å². The molecule has 1 fully saturated rings. The average Bonchev–Trinajstić information content (AvgIpc) is 2.74. The van der Waals surface area contributed by atoms with Crippen molar-refractivity contribution in [3.8, 4) is 5.75 Å². The van der Waals surface area contributed by atoms with Crippen LogP contribution in [0.4, 0.5) is 10.1 Å². The Kier molecular flexibility index (Phi) is 6.75. The van der Waals surface area contributed by atoms with Gasteiger partial charge in [0, 0.05) is 5.69 Å². The third-order valence-corrected chi connectivity index (χ3v) is 5.54. The fourth-order valence-electron chi connectivity index (χ4n) is 4.06. The van der Waals surface area contributed by atoms with Gasteiger partial charge in [0.05, 0.1) is 18.6 Å². The van der Waals surface area contributed by atoms with Crippen LogP contribution in [0.15, 0.2) is 42.5 Å². The number of hydrogen-bond donors (Lipinski definition) is 1. The average molecular weight is 413 g/mol. The second-order valence-corrected chi connectivity index (χ2v) is 7.97. The van der Waals surface area contributed by atoms with E-state index in [2.05, 4.69) is 5.32 Å². The molecule has 0 spiro atoms. The van der Waals surface area contributed by atoms with Crippen LogP contribution < -0.4 is 10.1 Å². The standard InChI is InChI=1S/C24H28FNO4/c1-16(2)30-21-12-11-19(15-20(21)22(27)29-3)26-23(28)24(13-5-4-6-14-24)17-7-9-18(25)10-8-17/h7-12,15-16H,4-6,13-14H2,1-3H3,(H,26,28). The van der Waals surface area contributed by atoms with E-state index >= 15 is 0 Å². The smallest absolute Gasteiger partial charge is 0.341 e. The number of esters is 1. The van der Waals surface area contributed by atoms with Crippen LogP contribution in [0.5, 0.6) is 5.75 Å². The van der Waals surface area contributed by atoms with Gasteiger partial charge in [0.15, 0.2) is 0 Å². The van der Waals surface area contributed by atoms with Gasteiger partial charge in [-0.3, -0.25) is 4.79 Å². The van der Waals surface area contributed by atoms with Crippen molar-refractivity contribution in [2.45, 2.75) is 57.5 Å². The van der Waals surface area contributed by atoms with Crippen LogP contribution in [-0.4, -0.2) is 25.1 Å². The molecule has 1 aliphatic carbocycles. The van der Waals surface area contributed by atoms with Crippen LogP contribution in [0.1, 0.15) is 61.9 Å². The maximum absolute atomic E-state index is 13.5. The van der Waals surface area contributed by atoms with E-state index in [-0.39, 0.29) is 23.4 Å². The Labute approximate surface area is 176 Å². The van der Waals surface area contributed by atoms with Crippen molar-refractivity contribution in [2.24, 2.45) is 0 Å². The van der Waals surface area contributed by atoms with Crippen molar-refractivity contribution in [2.75, 3.05) is 12.4 Å². The number of benzene rings is 2. The molecule has 1 saturated carbocycles. The SMILES string of the molecule is COC(=O)c1cc(NC(=O)C2(c3ccc(F)cc3)CCCCC2)ccc1OC(C)C. The van der Waals surface area contributed by atoms with E-state index in [4.69, 9.17) is 9.47 Å². The Hall–Kier alpha value is -2.89. The quantitative estimate of drug-likeness (QED) is 0.658. The number of nitrogens with one attached hydrogen (secondary N) is 1. The highest BCUT2D eigenvalue weighted by molar-refractivity contribution is 6.01. The van der Waals surface area contributed by atoms with Gasteiger partial charge < -0.3 is 14.8 Å². The molecular weight excluding hydrogens is 385 g/mol. The fraction of sp³-hybridized carbons (Fsp3) is 0.417. The Balaban J connectivity index is 1.92. The molecule has 0 atom stereocenters. The first-order valence-corrected chi connectivity index (χ1v) is 10.3. The summed E-state index contributed by atoms with van der Waals surface area (Å²) in [4.78, 5) is 25.7. The first-order chi connectivity index (χ1) is 14.4. The molecule has 160 valence electrons. The lowest BCUT2D eigenvalue weighted by Crippen LogP contribution is -2.42. The van der Waals surface area contributed by atoms with Gasteiger partial charge in [-0.05, 0) is 62.6 Å². The number of carbonyl (C=O) groups is 2. The highest BCUT2D eigenvalue weighted by atomic mass is 19.1. The Morgan fingerprint density at radius 2 is 1.70 bits per heavy atom. The summed E-state index contributed by atoms with van der Waals surface area (Å²) >= 11 is 0. The van der Waals surface area contributed by atoms with E-state index in [1.54, 1.807) is 30.3 Å². The monoisotopic (exact) mass is 413 g/mol. The lowest BCUT2D eigenvalue weighted by Gasteiger charge is -2.36. The van der Waals surface area contributed by atoms with E-state index in [1.165, 1.54) is 19.2 Å². The van der Waals surface area contributed by atoms with E-state index in [0.717, 1.165) is 24.8 Å².